The summed E-state index contributed by atoms with van der Waals surface area (Å²) in [5.74, 6) is 1.42. The minimum absolute atomic E-state index is 0.229. The van der Waals surface area contributed by atoms with Crippen LogP contribution in [0.1, 0.15) is 41.5 Å². The van der Waals surface area contributed by atoms with Gasteiger partial charge in [0.05, 0.1) is 5.02 Å². The molecular formula is C14H21ClO2. The molecule has 0 aliphatic heterocycles. The number of hydrogen-bond donors (Lipinski definition) is 0. The van der Waals surface area contributed by atoms with Gasteiger partial charge in [0, 0.05) is 6.07 Å². The van der Waals surface area contributed by atoms with Gasteiger partial charge in [0.1, 0.15) is 22.7 Å². The standard InChI is InChI=1S/C14H21ClO2/c1-13(2,3)16-10-7-8-11(15)12(9-10)17-14(4,5)6/h7-9H,1-6H3. The highest BCUT2D eigenvalue weighted by Gasteiger charge is 2.17. The van der Waals surface area contributed by atoms with Crippen molar-refractivity contribution >= 4 is 11.6 Å². The molecule has 0 heterocycles. The summed E-state index contributed by atoms with van der Waals surface area (Å²) in [7, 11) is 0. The fourth-order valence-corrected chi connectivity index (χ4v) is 1.46. The molecule has 3 heteroatoms. The lowest BCUT2D eigenvalue weighted by Gasteiger charge is -2.24. The molecule has 0 N–H and O–H groups in total. The SMILES string of the molecule is CC(C)(C)Oc1ccc(Cl)c(OC(C)(C)C)c1. The summed E-state index contributed by atoms with van der Waals surface area (Å²) in [6.45, 7) is 12.0. The van der Waals surface area contributed by atoms with E-state index in [-0.39, 0.29) is 11.2 Å². The maximum Gasteiger partial charge on any atom is 0.142 e. The Labute approximate surface area is 109 Å². The van der Waals surface area contributed by atoms with Gasteiger partial charge >= 0.3 is 0 Å². The van der Waals surface area contributed by atoms with Crippen LogP contribution in [0, 0.1) is 0 Å². The molecule has 0 aromatic heterocycles. The van der Waals surface area contributed by atoms with Crippen LogP contribution in [-0.2, 0) is 0 Å². The molecule has 0 radical (unpaired) electrons. The van der Waals surface area contributed by atoms with Crippen LogP contribution in [0.3, 0.4) is 0 Å². The average Bonchev–Trinajstić information content (AvgIpc) is 2.05. The predicted octanol–water partition coefficient (Wildman–Crippen LogP) is 4.69. The Morgan fingerprint density at radius 1 is 0.882 bits per heavy atom. The highest BCUT2D eigenvalue weighted by Crippen LogP contribution is 2.32. The lowest BCUT2D eigenvalue weighted by Crippen LogP contribution is -2.24. The van der Waals surface area contributed by atoms with Crippen LogP contribution in [0.15, 0.2) is 18.2 Å². The molecule has 0 bridgehead atoms. The van der Waals surface area contributed by atoms with Crippen molar-refractivity contribution in [3.63, 3.8) is 0 Å². The molecule has 96 valence electrons. The van der Waals surface area contributed by atoms with Gasteiger partial charge in [-0.25, -0.2) is 0 Å². The molecule has 0 saturated heterocycles. The van der Waals surface area contributed by atoms with Crippen LogP contribution in [0.25, 0.3) is 0 Å². The lowest BCUT2D eigenvalue weighted by molar-refractivity contribution is 0.121. The number of benzene rings is 1. The third kappa shape index (κ3) is 5.31. The zero-order chi connectivity index (χ0) is 13.3. The van der Waals surface area contributed by atoms with Crippen molar-refractivity contribution in [1.29, 1.82) is 0 Å². The maximum absolute atomic E-state index is 6.09. The van der Waals surface area contributed by atoms with Gasteiger partial charge in [0.2, 0.25) is 0 Å². The van der Waals surface area contributed by atoms with Crippen LogP contribution in [-0.4, -0.2) is 11.2 Å². The van der Waals surface area contributed by atoms with Crippen LogP contribution >= 0.6 is 11.6 Å². The van der Waals surface area contributed by atoms with E-state index in [2.05, 4.69) is 0 Å². The minimum atomic E-state index is -0.274. The monoisotopic (exact) mass is 256 g/mol. The van der Waals surface area contributed by atoms with Gasteiger partial charge in [0.25, 0.3) is 0 Å². The molecule has 0 saturated carbocycles. The van der Waals surface area contributed by atoms with Gasteiger partial charge in [-0.05, 0) is 53.7 Å². The number of rotatable bonds is 2. The number of ether oxygens (including phenoxy) is 2. The van der Waals surface area contributed by atoms with Crippen LogP contribution in [0.5, 0.6) is 11.5 Å². The minimum Gasteiger partial charge on any atom is -0.488 e. The summed E-state index contributed by atoms with van der Waals surface area (Å²) in [5.41, 5.74) is -0.503. The van der Waals surface area contributed by atoms with E-state index in [0.29, 0.717) is 10.8 Å². The number of hydrogen-bond acceptors (Lipinski definition) is 2. The summed E-state index contributed by atoms with van der Waals surface area (Å²) in [6, 6.07) is 5.48. The van der Waals surface area contributed by atoms with Gasteiger partial charge in [-0.15, -0.1) is 0 Å². The predicted molar refractivity (Wildman–Crippen MR) is 72.2 cm³/mol. The first kappa shape index (κ1) is 14.2. The van der Waals surface area contributed by atoms with Gasteiger partial charge in [-0.1, -0.05) is 11.6 Å². The Bertz CT molecular complexity index is 386. The van der Waals surface area contributed by atoms with Crippen molar-refractivity contribution in [2.75, 3.05) is 0 Å². The van der Waals surface area contributed by atoms with Gasteiger partial charge < -0.3 is 9.47 Å². The van der Waals surface area contributed by atoms with Crippen molar-refractivity contribution in [2.24, 2.45) is 0 Å². The molecule has 1 aromatic carbocycles. The topological polar surface area (TPSA) is 18.5 Å². The zero-order valence-corrected chi connectivity index (χ0v) is 12.2. The van der Waals surface area contributed by atoms with Crippen molar-refractivity contribution in [1.82, 2.24) is 0 Å². The first-order chi connectivity index (χ1) is 7.57. The Hall–Kier alpha value is -0.890. The highest BCUT2D eigenvalue weighted by molar-refractivity contribution is 6.32. The largest absolute Gasteiger partial charge is 0.488 e. The third-order valence-corrected chi connectivity index (χ3v) is 2.06. The van der Waals surface area contributed by atoms with E-state index in [1.54, 1.807) is 6.07 Å². The van der Waals surface area contributed by atoms with Crippen LogP contribution in [0.2, 0.25) is 5.02 Å². The summed E-state index contributed by atoms with van der Waals surface area (Å²) >= 11 is 6.09. The lowest BCUT2D eigenvalue weighted by atomic mass is 10.2. The summed E-state index contributed by atoms with van der Waals surface area (Å²) in [4.78, 5) is 0. The van der Waals surface area contributed by atoms with E-state index < -0.39 is 0 Å². The zero-order valence-electron chi connectivity index (χ0n) is 11.4. The normalized spacial score (nSPS) is 12.4. The highest BCUT2D eigenvalue weighted by atomic mass is 35.5. The first-order valence-corrected chi connectivity index (χ1v) is 6.12. The smallest absolute Gasteiger partial charge is 0.142 e. The second-order valence-electron chi connectivity index (χ2n) is 6.02. The van der Waals surface area contributed by atoms with E-state index in [4.69, 9.17) is 21.1 Å². The summed E-state index contributed by atoms with van der Waals surface area (Å²) < 4.78 is 11.5. The summed E-state index contributed by atoms with van der Waals surface area (Å²) in [5, 5.41) is 0.598. The van der Waals surface area contributed by atoms with E-state index in [0.717, 1.165) is 5.75 Å². The van der Waals surface area contributed by atoms with E-state index >= 15 is 0 Å². The molecule has 1 rings (SSSR count). The van der Waals surface area contributed by atoms with E-state index in [9.17, 15) is 0 Å². The van der Waals surface area contributed by atoms with Crippen molar-refractivity contribution in [2.45, 2.75) is 52.7 Å². The molecule has 0 spiro atoms. The van der Waals surface area contributed by atoms with Gasteiger partial charge in [-0.3, -0.25) is 0 Å². The Morgan fingerprint density at radius 3 is 1.88 bits per heavy atom. The molecule has 2 nitrogen and oxygen atoms in total. The van der Waals surface area contributed by atoms with Crippen molar-refractivity contribution in [3.8, 4) is 11.5 Å². The maximum atomic E-state index is 6.09. The van der Waals surface area contributed by atoms with Gasteiger partial charge in [-0.2, -0.15) is 0 Å². The van der Waals surface area contributed by atoms with Crippen molar-refractivity contribution < 1.29 is 9.47 Å². The molecule has 0 atom stereocenters. The molecule has 1 aromatic rings. The van der Waals surface area contributed by atoms with E-state index in [1.807, 2.05) is 53.7 Å². The molecule has 0 aliphatic carbocycles. The molecular weight excluding hydrogens is 236 g/mol. The molecule has 17 heavy (non-hydrogen) atoms. The second-order valence-corrected chi connectivity index (χ2v) is 6.43. The van der Waals surface area contributed by atoms with Gasteiger partial charge in [0.15, 0.2) is 0 Å². The number of halogens is 1. The first-order valence-electron chi connectivity index (χ1n) is 5.74. The second kappa shape index (κ2) is 4.77. The molecule has 0 amide bonds. The van der Waals surface area contributed by atoms with E-state index in [1.165, 1.54) is 0 Å². The molecule has 0 unspecified atom stereocenters. The Kier molecular flexibility index (Phi) is 3.98. The molecule has 0 fully saturated rings. The fourth-order valence-electron chi connectivity index (χ4n) is 1.31. The fraction of sp³-hybridized carbons (Fsp3) is 0.571. The quantitative estimate of drug-likeness (QED) is 0.764. The molecule has 0 aliphatic rings. The van der Waals surface area contributed by atoms with Crippen LogP contribution in [0.4, 0.5) is 0 Å². The van der Waals surface area contributed by atoms with Crippen LogP contribution < -0.4 is 9.47 Å². The Balaban J connectivity index is 2.95. The Morgan fingerprint density at radius 2 is 1.41 bits per heavy atom. The van der Waals surface area contributed by atoms with Crippen molar-refractivity contribution in [3.05, 3.63) is 23.2 Å². The average molecular weight is 257 g/mol. The third-order valence-electron chi connectivity index (χ3n) is 1.74. The summed E-state index contributed by atoms with van der Waals surface area (Å²) in [6.07, 6.45) is 0.